The zero-order valence-electron chi connectivity index (χ0n) is 13.0. The van der Waals surface area contributed by atoms with E-state index in [1.165, 1.54) is 15.7 Å². The second kappa shape index (κ2) is 6.26. The molecule has 0 unspecified atom stereocenters. The molecule has 7 heteroatoms. The van der Waals surface area contributed by atoms with Crippen LogP contribution in [0.1, 0.15) is 11.1 Å². The molecule has 0 N–H and O–H groups in total. The number of fused-ring (bicyclic) bond motifs is 1. The van der Waals surface area contributed by atoms with E-state index in [2.05, 4.69) is 10.2 Å². The highest BCUT2D eigenvalue weighted by molar-refractivity contribution is 7.15. The van der Waals surface area contributed by atoms with Crippen LogP contribution in [0.2, 0.25) is 10.0 Å². The summed E-state index contributed by atoms with van der Waals surface area (Å²) in [5.41, 5.74) is 2.38. The summed E-state index contributed by atoms with van der Waals surface area (Å²) < 4.78 is 2.03. The lowest BCUT2D eigenvalue weighted by Gasteiger charge is -1.99. The van der Waals surface area contributed by atoms with Crippen molar-refractivity contribution in [1.29, 1.82) is 0 Å². The van der Waals surface area contributed by atoms with Crippen LogP contribution in [-0.2, 0) is 0 Å². The van der Waals surface area contributed by atoms with Crippen molar-refractivity contribution in [3.05, 3.63) is 78.5 Å². The van der Waals surface area contributed by atoms with E-state index in [1.54, 1.807) is 24.3 Å². The lowest BCUT2D eigenvalue weighted by molar-refractivity contribution is 1.09. The fraction of sp³-hybridized carbons (Fsp3) is 0.0556. The SMILES string of the molecule is Cc1cccc(-c2nnc3sc(=Cc4c(Cl)cccc4Cl)c(=O)n23)c1. The molecule has 0 amide bonds. The molecule has 2 heterocycles. The number of benzene rings is 2. The van der Waals surface area contributed by atoms with Crippen LogP contribution in [0.15, 0.2) is 47.3 Å². The van der Waals surface area contributed by atoms with Crippen molar-refractivity contribution in [3.8, 4) is 11.4 Å². The van der Waals surface area contributed by atoms with Gasteiger partial charge in [0.05, 0.1) is 4.53 Å². The first kappa shape index (κ1) is 16.3. The minimum absolute atomic E-state index is 0.183. The van der Waals surface area contributed by atoms with Crippen molar-refractivity contribution in [2.45, 2.75) is 6.92 Å². The van der Waals surface area contributed by atoms with Crippen LogP contribution in [0, 0.1) is 6.92 Å². The van der Waals surface area contributed by atoms with Crippen LogP contribution in [0.3, 0.4) is 0 Å². The van der Waals surface area contributed by atoms with E-state index in [4.69, 9.17) is 23.2 Å². The zero-order chi connectivity index (χ0) is 17.6. The van der Waals surface area contributed by atoms with Crippen LogP contribution in [0.4, 0.5) is 0 Å². The second-order valence-corrected chi connectivity index (χ2v) is 7.39. The molecule has 0 aliphatic carbocycles. The molecule has 0 fully saturated rings. The van der Waals surface area contributed by atoms with Crippen LogP contribution in [0.25, 0.3) is 22.4 Å². The number of aryl methyl sites for hydroxylation is 1. The van der Waals surface area contributed by atoms with Gasteiger partial charge in [-0.05, 0) is 31.2 Å². The maximum absolute atomic E-state index is 12.9. The van der Waals surface area contributed by atoms with Gasteiger partial charge in [-0.3, -0.25) is 4.79 Å². The zero-order valence-corrected chi connectivity index (χ0v) is 15.4. The quantitative estimate of drug-likeness (QED) is 0.522. The van der Waals surface area contributed by atoms with E-state index in [0.717, 1.165) is 11.1 Å². The summed E-state index contributed by atoms with van der Waals surface area (Å²) in [6.45, 7) is 1.99. The summed E-state index contributed by atoms with van der Waals surface area (Å²) in [4.78, 5) is 13.4. The average Bonchev–Trinajstić information content (AvgIpc) is 3.12. The number of hydrogen-bond donors (Lipinski definition) is 0. The normalized spacial score (nSPS) is 12.2. The van der Waals surface area contributed by atoms with E-state index < -0.39 is 0 Å². The smallest absolute Gasteiger partial charge is 0.267 e. The van der Waals surface area contributed by atoms with E-state index in [9.17, 15) is 4.79 Å². The molecule has 0 aliphatic heterocycles. The van der Waals surface area contributed by atoms with Gasteiger partial charge in [-0.15, -0.1) is 10.2 Å². The van der Waals surface area contributed by atoms with Crippen molar-refractivity contribution >= 4 is 45.6 Å². The van der Waals surface area contributed by atoms with Gasteiger partial charge in [0, 0.05) is 21.2 Å². The largest absolute Gasteiger partial charge is 0.276 e. The highest BCUT2D eigenvalue weighted by atomic mass is 35.5. The topological polar surface area (TPSA) is 47.3 Å². The predicted octanol–water partition coefficient (Wildman–Crippen LogP) is 3.98. The van der Waals surface area contributed by atoms with Crippen LogP contribution in [0.5, 0.6) is 0 Å². The minimum Gasteiger partial charge on any atom is -0.267 e. The molecule has 0 atom stereocenters. The number of rotatable bonds is 2. The Kier molecular flexibility index (Phi) is 4.07. The number of thiazole rings is 1. The fourth-order valence-corrected chi connectivity index (χ4v) is 4.01. The third-order valence-electron chi connectivity index (χ3n) is 3.80. The highest BCUT2D eigenvalue weighted by Crippen LogP contribution is 2.25. The van der Waals surface area contributed by atoms with Crippen LogP contribution >= 0.6 is 34.5 Å². The maximum atomic E-state index is 12.9. The van der Waals surface area contributed by atoms with Gasteiger partial charge in [-0.2, -0.15) is 0 Å². The number of aromatic nitrogens is 3. The molecular weight excluding hydrogens is 377 g/mol. The highest BCUT2D eigenvalue weighted by Gasteiger charge is 2.14. The molecule has 4 nitrogen and oxygen atoms in total. The maximum Gasteiger partial charge on any atom is 0.276 e. The predicted molar refractivity (Wildman–Crippen MR) is 103 cm³/mol. The summed E-state index contributed by atoms with van der Waals surface area (Å²) in [7, 11) is 0. The molecule has 0 saturated carbocycles. The van der Waals surface area contributed by atoms with Crippen molar-refractivity contribution in [3.63, 3.8) is 0 Å². The third kappa shape index (κ3) is 2.84. The Morgan fingerprint density at radius 1 is 1.08 bits per heavy atom. The Labute approximate surface area is 157 Å². The van der Waals surface area contributed by atoms with Gasteiger partial charge in [0.2, 0.25) is 4.96 Å². The summed E-state index contributed by atoms with van der Waals surface area (Å²) in [5.74, 6) is 0.532. The number of hydrogen-bond acceptors (Lipinski definition) is 4. The van der Waals surface area contributed by atoms with Gasteiger partial charge < -0.3 is 0 Å². The molecule has 4 aromatic rings. The van der Waals surface area contributed by atoms with Crippen molar-refractivity contribution in [2.24, 2.45) is 0 Å². The minimum atomic E-state index is -0.183. The van der Waals surface area contributed by atoms with Crippen molar-refractivity contribution in [2.75, 3.05) is 0 Å². The summed E-state index contributed by atoms with van der Waals surface area (Å²) in [6.07, 6.45) is 1.70. The third-order valence-corrected chi connectivity index (χ3v) is 5.42. The monoisotopic (exact) mass is 387 g/mol. The summed E-state index contributed by atoms with van der Waals surface area (Å²) >= 11 is 13.7. The van der Waals surface area contributed by atoms with Gasteiger partial charge in [0.25, 0.3) is 5.56 Å². The Balaban J connectivity index is 1.96. The second-order valence-electron chi connectivity index (χ2n) is 5.56. The fourth-order valence-electron chi connectivity index (χ4n) is 2.61. The van der Waals surface area contributed by atoms with E-state index >= 15 is 0 Å². The van der Waals surface area contributed by atoms with Crippen molar-refractivity contribution < 1.29 is 0 Å². The summed E-state index contributed by atoms with van der Waals surface area (Å²) in [5, 5.41) is 9.30. The lowest BCUT2D eigenvalue weighted by atomic mass is 10.1. The molecule has 0 radical (unpaired) electrons. The van der Waals surface area contributed by atoms with Gasteiger partial charge in [0.15, 0.2) is 5.82 Å². The number of halogens is 2. The molecule has 25 heavy (non-hydrogen) atoms. The first-order valence-electron chi connectivity index (χ1n) is 7.45. The molecule has 124 valence electrons. The molecule has 0 spiro atoms. The molecule has 2 aromatic heterocycles. The average molecular weight is 388 g/mol. The van der Waals surface area contributed by atoms with Crippen molar-refractivity contribution in [1.82, 2.24) is 14.6 Å². The first-order chi connectivity index (χ1) is 12.0. The van der Waals surface area contributed by atoms with E-state index in [0.29, 0.717) is 30.9 Å². The number of nitrogens with zero attached hydrogens (tertiary/aromatic N) is 3. The Bertz CT molecular complexity index is 1190. The Morgan fingerprint density at radius 2 is 1.80 bits per heavy atom. The van der Waals surface area contributed by atoms with Gasteiger partial charge in [0.1, 0.15) is 0 Å². The molecule has 0 saturated heterocycles. The first-order valence-corrected chi connectivity index (χ1v) is 9.02. The molecule has 0 bridgehead atoms. The van der Waals surface area contributed by atoms with Gasteiger partial charge in [-0.25, -0.2) is 4.40 Å². The molecule has 2 aromatic carbocycles. The van der Waals surface area contributed by atoms with Gasteiger partial charge >= 0.3 is 0 Å². The van der Waals surface area contributed by atoms with E-state index in [-0.39, 0.29) is 5.56 Å². The Morgan fingerprint density at radius 3 is 2.52 bits per heavy atom. The molecular formula is C18H11Cl2N3OS. The van der Waals surface area contributed by atoms with Gasteiger partial charge in [-0.1, -0.05) is 64.4 Å². The lowest BCUT2D eigenvalue weighted by Crippen LogP contribution is -2.23. The van der Waals surface area contributed by atoms with E-state index in [1.807, 2.05) is 31.2 Å². The molecule has 0 aliphatic rings. The standard InChI is InChI=1S/C18H11Cl2N3OS/c1-10-4-2-5-11(8-10)16-21-22-18-23(16)17(24)15(25-18)9-12-13(19)6-3-7-14(12)20/h2-9H,1H3. The summed E-state index contributed by atoms with van der Waals surface area (Å²) in [6, 6.07) is 13.0. The molecule has 4 rings (SSSR count). The Hall–Kier alpha value is -2.21. The van der Waals surface area contributed by atoms with Crippen LogP contribution < -0.4 is 10.1 Å². The van der Waals surface area contributed by atoms with Crippen LogP contribution in [-0.4, -0.2) is 14.6 Å².